The highest BCUT2D eigenvalue weighted by Gasteiger charge is 2.48. The molecule has 1 spiro atoms. The number of anilines is 1. The summed E-state index contributed by atoms with van der Waals surface area (Å²) in [5.41, 5.74) is -0.220. The molecule has 1 atom stereocenters. The molecule has 23 heavy (non-hydrogen) atoms. The minimum Gasteiger partial charge on any atom is -0.383 e. The molecule has 2 fully saturated rings. The van der Waals surface area contributed by atoms with Crippen LogP contribution >= 0.6 is 11.3 Å². The molecule has 2 aliphatic rings. The largest absolute Gasteiger partial charge is 0.383 e. The predicted molar refractivity (Wildman–Crippen MR) is 90.9 cm³/mol. The number of aromatic nitrogens is 2. The summed E-state index contributed by atoms with van der Waals surface area (Å²) in [5, 5.41) is 10.7. The second-order valence-corrected chi connectivity index (χ2v) is 7.61. The fourth-order valence-electron chi connectivity index (χ4n) is 3.67. The minimum atomic E-state index is -0.220. The summed E-state index contributed by atoms with van der Waals surface area (Å²) in [7, 11) is 1.69. The molecule has 1 aromatic rings. The summed E-state index contributed by atoms with van der Waals surface area (Å²) in [4.78, 5) is 17.2. The first-order chi connectivity index (χ1) is 11.2. The van der Waals surface area contributed by atoms with Gasteiger partial charge in [-0.05, 0) is 25.7 Å². The zero-order valence-electron chi connectivity index (χ0n) is 14.1. The Labute approximate surface area is 141 Å². The van der Waals surface area contributed by atoms with Crippen molar-refractivity contribution in [2.45, 2.75) is 39.0 Å². The molecule has 128 valence electrons. The van der Waals surface area contributed by atoms with E-state index in [1.54, 1.807) is 18.4 Å². The average Bonchev–Trinajstić information content (AvgIpc) is 3.17. The molecule has 1 unspecified atom stereocenters. The third-order valence-electron chi connectivity index (χ3n) is 4.93. The number of hydrogen-bond donors (Lipinski definition) is 0. The number of piperidine rings is 1. The smallest absolute Gasteiger partial charge is 0.230 e. The fourth-order valence-corrected chi connectivity index (χ4v) is 4.63. The van der Waals surface area contributed by atoms with E-state index in [1.807, 2.05) is 4.90 Å². The molecule has 0 aliphatic carbocycles. The Morgan fingerprint density at radius 1 is 1.30 bits per heavy atom. The van der Waals surface area contributed by atoms with Crippen LogP contribution in [-0.4, -0.2) is 60.9 Å². The molecule has 0 bridgehead atoms. The standard InChI is InChI=1S/C16H26N4O2S/c1-3-5-13-17-18-15(23-13)20-9-7-16(12-20)6-4-8-19(14(16)21)10-11-22-2/h3-12H2,1-2H3. The van der Waals surface area contributed by atoms with Crippen molar-refractivity contribution in [2.75, 3.05) is 44.8 Å². The third-order valence-corrected chi connectivity index (χ3v) is 5.98. The van der Waals surface area contributed by atoms with Crippen LogP contribution in [0, 0.1) is 5.41 Å². The van der Waals surface area contributed by atoms with Gasteiger partial charge in [0.15, 0.2) is 0 Å². The number of likely N-dealkylation sites (tertiary alicyclic amines) is 1. The van der Waals surface area contributed by atoms with Crippen molar-refractivity contribution in [1.82, 2.24) is 15.1 Å². The fraction of sp³-hybridized carbons (Fsp3) is 0.812. The Hall–Kier alpha value is -1.21. The average molecular weight is 338 g/mol. The summed E-state index contributed by atoms with van der Waals surface area (Å²) >= 11 is 1.68. The Morgan fingerprint density at radius 3 is 2.96 bits per heavy atom. The SMILES string of the molecule is CCCc1nnc(N2CCC3(CCCN(CCOC)C3=O)C2)s1. The highest BCUT2D eigenvalue weighted by Crippen LogP contribution is 2.42. The quantitative estimate of drug-likeness (QED) is 0.793. The number of hydrogen-bond acceptors (Lipinski definition) is 6. The van der Waals surface area contributed by atoms with Crippen LogP contribution in [0.4, 0.5) is 5.13 Å². The molecular formula is C16H26N4O2S. The Morgan fingerprint density at radius 2 is 2.17 bits per heavy atom. The summed E-state index contributed by atoms with van der Waals surface area (Å²) < 4.78 is 5.14. The third kappa shape index (κ3) is 3.35. The van der Waals surface area contributed by atoms with Gasteiger partial charge in [-0.2, -0.15) is 0 Å². The van der Waals surface area contributed by atoms with Gasteiger partial charge >= 0.3 is 0 Å². The van der Waals surface area contributed by atoms with E-state index >= 15 is 0 Å². The van der Waals surface area contributed by atoms with Crippen LogP contribution in [0.15, 0.2) is 0 Å². The lowest BCUT2D eigenvalue weighted by molar-refractivity contribution is -0.145. The second kappa shape index (κ2) is 7.13. The highest BCUT2D eigenvalue weighted by molar-refractivity contribution is 7.15. The van der Waals surface area contributed by atoms with Crippen LogP contribution < -0.4 is 4.90 Å². The first-order valence-corrected chi connectivity index (χ1v) is 9.36. The molecule has 6 nitrogen and oxygen atoms in total. The molecule has 1 aromatic heterocycles. The van der Waals surface area contributed by atoms with Gasteiger partial charge in [0.05, 0.1) is 12.0 Å². The molecule has 1 amide bonds. The number of aryl methyl sites for hydroxylation is 1. The van der Waals surface area contributed by atoms with Crippen molar-refractivity contribution in [3.05, 3.63) is 5.01 Å². The number of carbonyl (C=O) groups excluding carboxylic acids is 1. The van der Waals surface area contributed by atoms with Crippen molar-refractivity contribution < 1.29 is 9.53 Å². The maximum absolute atomic E-state index is 13.0. The van der Waals surface area contributed by atoms with E-state index in [1.165, 1.54) is 0 Å². The lowest BCUT2D eigenvalue weighted by Crippen LogP contribution is -2.50. The Balaban J connectivity index is 1.68. The van der Waals surface area contributed by atoms with Gasteiger partial charge in [-0.15, -0.1) is 10.2 Å². The lowest BCUT2D eigenvalue weighted by atomic mass is 9.78. The molecule has 3 rings (SSSR count). The monoisotopic (exact) mass is 338 g/mol. The van der Waals surface area contributed by atoms with Crippen molar-refractivity contribution >= 4 is 22.4 Å². The second-order valence-electron chi connectivity index (χ2n) is 6.57. The van der Waals surface area contributed by atoms with Gasteiger partial charge in [0.1, 0.15) is 5.01 Å². The van der Waals surface area contributed by atoms with Gasteiger partial charge in [-0.25, -0.2) is 0 Å². The number of methoxy groups -OCH3 is 1. The molecule has 7 heteroatoms. The molecule has 2 saturated heterocycles. The zero-order valence-corrected chi connectivity index (χ0v) is 14.9. The molecule has 0 N–H and O–H groups in total. The number of nitrogens with zero attached hydrogens (tertiary/aromatic N) is 4. The van der Waals surface area contributed by atoms with E-state index in [4.69, 9.17) is 4.74 Å². The van der Waals surface area contributed by atoms with Gasteiger partial charge in [0, 0.05) is 39.7 Å². The summed E-state index contributed by atoms with van der Waals surface area (Å²) in [5.74, 6) is 0.307. The Kier molecular flexibility index (Phi) is 5.16. The van der Waals surface area contributed by atoms with Crippen LogP contribution in [-0.2, 0) is 16.0 Å². The molecule has 2 aliphatic heterocycles. The van der Waals surface area contributed by atoms with Crippen molar-refractivity contribution in [3.8, 4) is 0 Å². The topological polar surface area (TPSA) is 58.6 Å². The zero-order chi connectivity index (χ0) is 16.3. The minimum absolute atomic E-state index is 0.220. The van der Waals surface area contributed by atoms with E-state index in [0.717, 1.165) is 61.9 Å². The van der Waals surface area contributed by atoms with Crippen molar-refractivity contribution in [2.24, 2.45) is 5.41 Å². The number of amides is 1. The van der Waals surface area contributed by atoms with Gasteiger partial charge in [-0.1, -0.05) is 18.3 Å². The van der Waals surface area contributed by atoms with Gasteiger partial charge < -0.3 is 14.5 Å². The predicted octanol–water partition coefficient (Wildman–Crippen LogP) is 1.96. The van der Waals surface area contributed by atoms with Gasteiger partial charge in [-0.3, -0.25) is 4.79 Å². The van der Waals surface area contributed by atoms with Crippen LogP contribution in [0.5, 0.6) is 0 Å². The summed E-state index contributed by atoms with van der Waals surface area (Å²) in [6, 6.07) is 0. The van der Waals surface area contributed by atoms with E-state index < -0.39 is 0 Å². The van der Waals surface area contributed by atoms with E-state index in [-0.39, 0.29) is 5.41 Å². The van der Waals surface area contributed by atoms with Crippen LogP contribution in [0.3, 0.4) is 0 Å². The van der Waals surface area contributed by atoms with Crippen LogP contribution in [0.25, 0.3) is 0 Å². The van der Waals surface area contributed by atoms with Crippen LogP contribution in [0.2, 0.25) is 0 Å². The van der Waals surface area contributed by atoms with Gasteiger partial charge in [0.25, 0.3) is 0 Å². The number of carbonyl (C=O) groups is 1. The molecular weight excluding hydrogens is 312 g/mol. The maximum Gasteiger partial charge on any atom is 0.230 e. The van der Waals surface area contributed by atoms with E-state index in [2.05, 4.69) is 22.0 Å². The first kappa shape index (κ1) is 16.6. The first-order valence-electron chi connectivity index (χ1n) is 8.54. The number of rotatable bonds is 6. The van der Waals surface area contributed by atoms with E-state index in [9.17, 15) is 4.79 Å². The van der Waals surface area contributed by atoms with Crippen molar-refractivity contribution in [3.63, 3.8) is 0 Å². The molecule has 0 aromatic carbocycles. The molecule has 0 saturated carbocycles. The van der Waals surface area contributed by atoms with Crippen molar-refractivity contribution in [1.29, 1.82) is 0 Å². The van der Waals surface area contributed by atoms with Crippen LogP contribution in [0.1, 0.15) is 37.6 Å². The molecule has 0 radical (unpaired) electrons. The summed E-state index contributed by atoms with van der Waals surface area (Å²) in [6.45, 7) is 6.03. The van der Waals surface area contributed by atoms with E-state index in [0.29, 0.717) is 19.1 Å². The number of ether oxygens (including phenoxy) is 1. The Bertz CT molecular complexity index is 550. The normalized spacial score (nSPS) is 24.9. The van der Waals surface area contributed by atoms with Gasteiger partial charge in [0.2, 0.25) is 11.0 Å². The maximum atomic E-state index is 13.0. The summed E-state index contributed by atoms with van der Waals surface area (Å²) in [6.07, 6.45) is 5.08. The molecule has 3 heterocycles. The highest BCUT2D eigenvalue weighted by atomic mass is 32.1. The lowest BCUT2D eigenvalue weighted by Gasteiger charge is -2.39.